The molecule has 0 fully saturated rings. The van der Waals surface area contributed by atoms with E-state index in [0.29, 0.717) is 34.0 Å². The summed E-state index contributed by atoms with van der Waals surface area (Å²) in [6.07, 6.45) is 0. The molecule has 0 saturated carbocycles. The first kappa shape index (κ1) is 16.3. The number of nitriles is 1. The first-order valence-electron chi connectivity index (χ1n) is 7.65. The average molecular weight is 332 g/mol. The summed E-state index contributed by atoms with van der Waals surface area (Å²) in [7, 11) is 1.47. The molecule has 0 saturated heterocycles. The lowest BCUT2D eigenvalue weighted by Crippen LogP contribution is -2.21. The van der Waals surface area contributed by atoms with Crippen LogP contribution in [-0.4, -0.2) is 22.7 Å². The highest BCUT2D eigenvalue weighted by Crippen LogP contribution is 2.23. The number of rotatable bonds is 4. The van der Waals surface area contributed by atoms with Crippen molar-refractivity contribution in [2.45, 2.75) is 6.92 Å². The Balaban J connectivity index is 2.02. The largest absolute Gasteiger partial charge is 0.415 e. The molecule has 0 aliphatic carbocycles. The number of carbonyl (C=O) groups excluding carboxylic acids is 1. The van der Waals surface area contributed by atoms with E-state index in [9.17, 15) is 4.79 Å². The number of imidazole rings is 1. The molecule has 1 N–H and O–H groups in total. The van der Waals surface area contributed by atoms with Crippen molar-refractivity contribution < 1.29 is 9.63 Å². The van der Waals surface area contributed by atoms with Crippen molar-refractivity contribution >= 4 is 11.6 Å². The van der Waals surface area contributed by atoms with Gasteiger partial charge in [-0.1, -0.05) is 30.3 Å². The third-order valence-electron chi connectivity index (χ3n) is 3.69. The van der Waals surface area contributed by atoms with Crippen molar-refractivity contribution in [1.82, 2.24) is 9.71 Å². The summed E-state index contributed by atoms with van der Waals surface area (Å²) in [6, 6.07) is 18.3. The van der Waals surface area contributed by atoms with Crippen molar-refractivity contribution in [1.29, 1.82) is 5.26 Å². The van der Waals surface area contributed by atoms with Crippen LogP contribution >= 0.6 is 0 Å². The van der Waals surface area contributed by atoms with E-state index in [1.165, 1.54) is 11.8 Å². The van der Waals surface area contributed by atoms with Crippen LogP contribution in [0.15, 0.2) is 54.6 Å². The van der Waals surface area contributed by atoms with Gasteiger partial charge in [0.2, 0.25) is 0 Å². The van der Waals surface area contributed by atoms with E-state index in [4.69, 9.17) is 10.1 Å². The third-order valence-corrected chi connectivity index (χ3v) is 3.69. The molecule has 25 heavy (non-hydrogen) atoms. The number of aryl methyl sites for hydroxylation is 1. The minimum Gasteiger partial charge on any atom is -0.415 e. The maximum atomic E-state index is 12.7. The van der Waals surface area contributed by atoms with Crippen LogP contribution in [0.2, 0.25) is 0 Å². The maximum Gasteiger partial charge on any atom is 0.277 e. The van der Waals surface area contributed by atoms with Gasteiger partial charge in [-0.2, -0.15) is 9.99 Å². The number of anilines is 1. The van der Waals surface area contributed by atoms with E-state index in [1.807, 2.05) is 24.3 Å². The van der Waals surface area contributed by atoms with E-state index in [1.54, 1.807) is 37.3 Å². The van der Waals surface area contributed by atoms with Gasteiger partial charge < -0.3 is 10.2 Å². The van der Waals surface area contributed by atoms with Crippen LogP contribution in [0.1, 0.15) is 21.7 Å². The normalized spacial score (nSPS) is 10.1. The number of nitrogens with one attached hydrogen (secondary N) is 1. The van der Waals surface area contributed by atoms with E-state index in [-0.39, 0.29) is 5.91 Å². The topological polar surface area (TPSA) is 79.9 Å². The molecule has 6 nitrogen and oxygen atoms in total. The van der Waals surface area contributed by atoms with Gasteiger partial charge in [-0.3, -0.25) is 4.79 Å². The number of hydrogen-bond donors (Lipinski definition) is 1. The minimum atomic E-state index is -0.319. The quantitative estimate of drug-likeness (QED) is 0.796. The highest BCUT2D eigenvalue weighted by Gasteiger charge is 2.22. The first-order chi connectivity index (χ1) is 12.1. The number of nitrogens with zero attached hydrogens (tertiary/aromatic N) is 3. The van der Waals surface area contributed by atoms with Gasteiger partial charge in [-0.15, -0.1) is 0 Å². The molecule has 3 aromatic rings. The third kappa shape index (κ3) is 3.21. The summed E-state index contributed by atoms with van der Waals surface area (Å²) in [4.78, 5) is 22.5. The maximum absolute atomic E-state index is 12.7. The van der Waals surface area contributed by atoms with Crippen molar-refractivity contribution in [3.63, 3.8) is 0 Å². The summed E-state index contributed by atoms with van der Waals surface area (Å²) in [6.45, 7) is 1.74. The lowest BCUT2D eigenvalue weighted by Gasteiger charge is -2.10. The molecule has 0 atom stereocenters. The highest BCUT2D eigenvalue weighted by atomic mass is 16.6. The van der Waals surface area contributed by atoms with E-state index in [2.05, 4.69) is 16.4 Å². The molecule has 1 amide bonds. The predicted molar refractivity (Wildman–Crippen MR) is 94.0 cm³/mol. The Morgan fingerprint density at radius 1 is 1.20 bits per heavy atom. The van der Waals surface area contributed by atoms with Gasteiger partial charge in [-0.25, -0.2) is 4.98 Å². The molecule has 0 aliphatic heterocycles. The lowest BCUT2D eigenvalue weighted by molar-refractivity contribution is 0.0966. The smallest absolute Gasteiger partial charge is 0.277 e. The Labute approximate surface area is 145 Å². The number of carbonyl (C=O) groups is 1. The van der Waals surface area contributed by atoms with Gasteiger partial charge in [0.15, 0.2) is 11.5 Å². The van der Waals surface area contributed by atoms with Crippen LogP contribution in [0.5, 0.6) is 0 Å². The molecular formula is C19H16N4O2. The monoisotopic (exact) mass is 332 g/mol. The molecule has 0 aliphatic rings. The summed E-state index contributed by atoms with van der Waals surface area (Å²) < 4.78 is 1.38. The summed E-state index contributed by atoms with van der Waals surface area (Å²) in [5, 5.41) is 11.9. The van der Waals surface area contributed by atoms with Gasteiger partial charge in [0, 0.05) is 11.3 Å². The Morgan fingerprint density at radius 2 is 1.96 bits per heavy atom. The Morgan fingerprint density at radius 3 is 2.64 bits per heavy atom. The SMILES string of the molecule is COn1c(-c2cccc(C#N)c2)nc(C)c1C(=O)Nc1ccccc1. The number of hydrogen-bond acceptors (Lipinski definition) is 4. The number of aromatic nitrogens is 2. The fourth-order valence-electron chi connectivity index (χ4n) is 2.57. The van der Waals surface area contributed by atoms with Crippen molar-refractivity contribution in [2.24, 2.45) is 0 Å². The number of para-hydroxylation sites is 1. The summed E-state index contributed by atoms with van der Waals surface area (Å²) in [5.41, 5.74) is 2.74. The Kier molecular flexibility index (Phi) is 4.48. The molecule has 0 bridgehead atoms. The molecular weight excluding hydrogens is 316 g/mol. The van der Waals surface area contributed by atoms with E-state index < -0.39 is 0 Å². The second-order valence-electron chi connectivity index (χ2n) is 5.36. The van der Waals surface area contributed by atoms with Gasteiger partial charge in [0.25, 0.3) is 5.91 Å². The average Bonchev–Trinajstić information content (AvgIpc) is 2.99. The van der Waals surface area contributed by atoms with Gasteiger partial charge in [0.05, 0.1) is 17.3 Å². The molecule has 124 valence electrons. The predicted octanol–water partition coefficient (Wildman–Crippen LogP) is 3.04. The van der Waals surface area contributed by atoms with Crippen LogP contribution in [0.4, 0.5) is 5.69 Å². The Bertz CT molecular complexity index is 955. The zero-order chi connectivity index (χ0) is 17.8. The molecule has 0 unspecified atom stereocenters. The number of benzene rings is 2. The zero-order valence-corrected chi connectivity index (χ0v) is 13.9. The Hall–Kier alpha value is -3.59. The van der Waals surface area contributed by atoms with Crippen LogP contribution in [0, 0.1) is 18.3 Å². The van der Waals surface area contributed by atoms with Crippen molar-refractivity contribution in [3.8, 4) is 17.5 Å². The zero-order valence-electron chi connectivity index (χ0n) is 13.9. The lowest BCUT2D eigenvalue weighted by atomic mass is 10.1. The molecule has 1 heterocycles. The molecule has 1 aromatic heterocycles. The van der Waals surface area contributed by atoms with Crippen molar-refractivity contribution in [2.75, 3.05) is 12.4 Å². The van der Waals surface area contributed by atoms with Crippen LogP contribution in [0.3, 0.4) is 0 Å². The van der Waals surface area contributed by atoms with Crippen LogP contribution in [-0.2, 0) is 0 Å². The second-order valence-corrected chi connectivity index (χ2v) is 5.36. The molecule has 6 heteroatoms. The van der Waals surface area contributed by atoms with Gasteiger partial charge >= 0.3 is 0 Å². The summed E-state index contributed by atoms with van der Waals surface area (Å²) >= 11 is 0. The molecule has 0 radical (unpaired) electrons. The fourth-order valence-corrected chi connectivity index (χ4v) is 2.57. The fraction of sp³-hybridized carbons (Fsp3) is 0.105. The first-order valence-corrected chi connectivity index (χ1v) is 7.65. The molecule has 3 rings (SSSR count). The van der Waals surface area contributed by atoms with Gasteiger partial charge in [0.1, 0.15) is 7.11 Å². The highest BCUT2D eigenvalue weighted by molar-refractivity contribution is 6.04. The molecule has 0 spiro atoms. The molecule has 2 aromatic carbocycles. The van der Waals surface area contributed by atoms with Crippen molar-refractivity contribution in [3.05, 3.63) is 71.5 Å². The van der Waals surface area contributed by atoms with E-state index in [0.717, 1.165) is 0 Å². The second kappa shape index (κ2) is 6.89. The van der Waals surface area contributed by atoms with Gasteiger partial charge in [-0.05, 0) is 31.2 Å². The minimum absolute atomic E-state index is 0.309. The van der Waals surface area contributed by atoms with E-state index >= 15 is 0 Å². The van der Waals surface area contributed by atoms with Crippen LogP contribution < -0.4 is 10.2 Å². The summed E-state index contributed by atoms with van der Waals surface area (Å²) in [5.74, 6) is 0.149. The standard InChI is InChI=1S/C19H16N4O2/c1-13-17(19(24)22-16-9-4-3-5-10-16)23(25-2)18(21-13)15-8-6-7-14(11-15)12-20/h3-11H,1-2H3,(H,22,24). The van der Waals surface area contributed by atoms with Crippen LogP contribution in [0.25, 0.3) is 11.4 Å². The number of amides is 1.